The first-order valence-electron chi connectivity index (χ1n) is 6.59. The van der Waals surface area contributed by atoms with E-state index in [0.29, 0.717) is 5.69 Å². The largest absolute Gasteiger partial charge is 0.360 e. The Morgan fingerprint density at radius 3 is 2.27 bits per heavy atom. The summed E-state index contributed by atoms with van der Waals surface area (Å²) in [7, 11) is 0. The number of anilines is 2. The summed E-state index contributed by atoms with van der Waals surface area (Å²) in [6.45, 7) is 1.99. The van der Waals surface area contributed by atoms with Crippen LogP contribution in [0.5, 0.6) is 0 Å². The molecule has 0 bridgehead atoms. The highest BCUT2D eigenvalue weighted by Crippen LogP contribution is 2.15. The first kappa shape index (κ1) is 15.8. The number of carbonyl (C=O) groups is 1. The Kier molecular flexibility index (Phi) is 5.34. The molecule has 22 heavy (non-hydrogen) atoms. The average molecular weight is 356 g/mol. The molecule has 0 aliphatic carbocycles. The highest BCUT2D eigenvalue weighted by atomic mass is 79.9. The number of aryl methyl sites for hydroxylation is 1. The minimum atomic E-state index is -0.454. The zero-order valence-corrected chi connectivity index (χ0v) is 13.5. The predicted molar refractivity (Wildman–Crippen MR) is 91.3 cm³/mol. The van der Waals surface area contributed by atoms with Gasteiger partial charge in [0.1, 0.15) is 11.6 Å². The van der Waals surface area contributed by atoms with Crippen LogP contribution in [0.25, 0.3) is 0 Å². The molecule has 2 aromatic rings. The third-order valence-corrected chi connectivity index (χ3v) is 3.43. The van der Waals surface area contributed by atoms with Gasteiger partial charge in [0.25, 0.3) is 5.91 Å². The van der Waals surface area contributed by atoms with Crippen molar-refractivity contribution in [2.75, 3.05) is 10.6 Å². The molecule has 2 aromatic carbocycles. The van der Waals surface area contributed by atoms with Crippen LogP contribution in [0.15, 0.2) is 64.8 Å². The summed E-state index contributed by atoms with van der Waals surface area (Å²) in [4.78, 5) is 12.1. The van der Waals surface area contributed by atoms with Gasteiger partial charge in [-0.1, -0.05) is 33.6 Å². The van der Waals surface area contributed by atoms with Crippen LogP contribution in [0.3, 0.4) is 0 Å². The highest BCUT2D eigenvalue weighted by Gasteiger charge is 2.09. The maximum absolute atomic E-state index is 12.1. The summed E-state index contributed by atoms with van der Waals surface area (Å²) in [6, 6.07) is 16.7. The number of nitrogens with zero attached hydrogens (tertiary/aromatic N) is 1. The molecule has 0 spiro atoms. The summed E-state index contributed by atoms with van der Waals surface area (Å²) in [6.07, 6.45) is 1.40. The van der Waals surface area contributed by atoms with Crippen LogP contribution in [-0.4, -0.2) is 5.91 Å². The molecule has 0 aromatic heterocycles. The second-order valence-electron chi connectivity index (χ2n) is 4.64. The van der Waals surface area contributed by atoms with Gasteiger partial charge in [-0.15, -0.1) is 0 Å². The molecule has 0 fully saturated rings. The van der Waals surface area contributed by atoms with E-state index in [2.05, 4.69) is 26.6 Å². The van der Waals surface area contributed by atoms with Crippen molar-refractivity contribution in [1.29, 1.82) is 5.26 Å². The van der Waals surface area contributed by atoms with Crippen molar-refractivity contribution in [3.63, 3.8) is 0 Å². The van der Waals surface area contributed by atoms with Crippen molar-refractivity contribution in [1.82, 2.24) is 0 Å². The van der Waals surface area contributed by atoms with Crippen molar-refractivity contribution < 1.29 is 4.79 Å². The molecule has 2 rings (SSSR count). The van der Waals surface area contributed by atoms with Gasteiger partial charge in [-0.2, -0.15) is 5.26 Å². The summed E-state index contributed by atoms with van der Waals surface area (Å²) in [5.41, 5.74) is 2.59. The molecule has 0 atom stereocenters. The lowest BCUT2D eigenvalue weighted by Gasteiger charge is -2.05. The molecule has 0 radical (unpaired) electrons. The Hall–Kier alpha value is -2.58. The van der Waals surface area contributed by atoms with Gasteiger partial charge in [0, 0.05) is 22.0 Å². The van der Waals surface area contributed by atoms with Gasteiger partial charge in [0.2, 0.25) is 0 Å². The average Bonchev–Trinajstić information content (AvgIpc) is 2.52. The van der Waals surface area contributed by atoms with E-state index in [9.17, 15) is 4.79 Å². The second-order valence-corrected chi connectivity index (χ2v) is 5.56. The lowest BCUT2D eigenvalue weighted by molar-refractivity contribution is -0.112. The summed E-state index contributed by atoms with van der Waals surface area (Å²) in [5.74, 6) is -0.454. The Labute approximate surface area is 137 Å². The van der Waals surface area contributed by atoms with Crippen molar-refractivity contribution in [3.8, 4) is 6.07 Å². The molecule has 1 amide bonds. The normalized spacial score (nSPS) is 10.7. The van der Waals surface area contributed by atoms with Crippen LogP contribution < -0.4 is 10.6 Å². The van der Waals surface area contributed by atoms with Crippen LogP contribution >= 0.6 is 15.9 Å². The Bertz CT molecular complexity index is 728. The molecule has 5 heteroatoms. The van der Waals surface area contributed by atoms with E-state index in [1.54, 1.807) is 12.1 Å². The van der Waals surface area contributed by atoms with Crippen LogP contribution in [-0.2, 0) is 4.79 Å². The lowest BCUT2D eigenvalue weighted by Crippen LogP contribution is -2.14. The molecule has 0 saturated heterocycles. The fraction of sp³-hybridized carbons (Fsp3) is 0.0588. The number of nitriles is 1. The fourth-order valence-electron chi connectivity index (χ4n) is 1.69. The zero-order chi connectivity index (χ0) is 15.9. The van der Waals surface area contributed by atoms with Gasteiger partial charge in [0.15, 0.2) is 0 Å². The quantitative estimate of drug-likeness (QED) is 0.637. The number of rotatable bonds is 4. The number of amides is 1. The topological polar surface area (TPSA) is 64.9 Å². The monoisotopic (exact) mass is 355 g/mol. The first-order valence-corrected chi connectivity index (χ1v) is 7.38. The van der Waals surface area contributed by atoms with E-state index in [0.717, 1.165) is 15.7 Å². The van der Waals surface area contributed by atoms with Gasteiger partial charge < -0.3 is 10.6 Å². The molecule has 0 saturated carbocycles. The third-order valence-electron chi connectivity index (χ3n) is 2.90. The number of halogens is 1. The Morgan fingerprint density at radius 1 is 1.09 bits per heavy atom. The standard InChI is InChI=1S/C17H14BrN3O/c1-12-2-6-15(7-3-12)20-11-13(10-19)17(22)21-16-8-4-14(18)5-9-16/h2-9,11,20H,1H3,(H,21,22)/b13-11-. The minimum Gasteiger partial charge on any atom is -0.360 e. The molecule has 0 aliphatic heterocycles. The molecular weight excluding hydrogens is 342 g/mol. The van der Waals surface area contributed by atoms with E-state index < -0.39 is 5.91 Å². The Balaban J connectivity index is 2.05. The van der Waals surface area contributed by atoms with Gasteiger partial charge in [-0.25, -0.2) is 0 Å². The third kappa shape index (κ3) is 4.47. The summed E-state index contributed by atoms with van der Waals surface area (Å²) >= 11 is 3.32. The maximum Gasteiger partial charge on any atom is 0.267 e. The molecule has 0 unspecified atom stereocenters. The van der Waals surface area contributed by atoms with Crippen molar-refractivity contribution in [2.45, 2.75) is 6.92 Å². The fourth-order valence-corrected chi connectivity index (χ4v) is 1.95. The van der Waals surface area contributed by atoms with Gasteiger partial charge in [-0.05, 0) is 43.3 Å². The zero-order valence-electron chi connectivity index (χ0n) is 11.9. The van der Waals surface area contributed by atoms with Gasteiger partial charge in [0.05, 0.1) is 0 Å². The molecule has 2 N–H and O–H groups in total. The van der Waals surface area contributed by atoms with Gasteiger partial charge in [-0.3, -0.25) is 4.79 Å². The predicted octanol–water partition coefficient (Wildman–Crippen LogP) is 4.22. The minimum absolute atomic E-state index is 0.00323. The SMILES string of the molecule is Cc1ccc(N/C=C(/C#N)C(=O)Nc2ccc(Br)cc2)cc1. The first-order chi connectivity index (χ1) is 10.6. The van der Waals surface area contributed by atoms with Crippen LogP contribution in [0.4, 0.5) is 11.4 Å². The number of hydrogen-bond donors (Lipinski definition) is 2. The smallest absolute Gasteiger partial charge is 0.267 e. The number of benzene rings is 2. The second kappa shape index (κ2) is 7.43. The van der Waals surface area contributed by atoms with E-state index in [1.165, 1.54) is 6.20 Å². The van der Waals surface area contributed by atoms with E-state index in [1.807, 2.05) is 49.4 Å². The van der Waals surface area contributed by atoms with E-state index in [4.69, 9.17) is 5.26 Å². The van der Waals surface area contributed by atoms with E-state index in [-0.39, 0.29) is 5.57 Å². The van der Waals surface area contributed by atoms with Crippen molar-refractivity contribution >= 4 is 33.2 Å². The molecular formula is C17H14BrN3O. The highest BCUT2D eigenvalue weighted by molar-refractivity contribution is 9.10. The molecule has 4 nitrogen and oxygen atoms in total. The number of carbonyl (C=O) groups excluding carboxylic acids is 1. The lowest BCUT2D eigenvalue weighted by atomic mass is 10.2. The summed E-state index contributed by atoms with van der Waals surface area (Å²) in [5, 5.41) is 14.7. The van der Waals surface area contributed by atoms with Crippen LogP contribution in [0.1, 0.15) is 5.56 Å². The number of hydrogen-bond acceptors (Lipinski definition) is 3. The number of nitrogens with one attached hydrogen (secondary N) is 2. The van der Waals surface area contributed by atoms with Crippen LogP contribution in [0.2, 0.25) is 0 Å². The molecule has 0 heterocycles. The van der Waals surface area contributed by atoms with Crippen LogP contribution in [0, 0.1) is 18.3 Å². The maximum atomic E-state index is 12.1. The molecule has 110 valence electrons. The molecule has 0 aliphatic rings. The van der Waals surface area contributed by atoms with Crippen molar-refractivity contribution in [3.05, 3.63) is 70.3 Å². The van der Waals surface area contributed by atoms with Gasteiger partial charge >= 0.3 is 0 Å². The Morgan fingerprint density at radius 2 is 1.68 bits per heavy atom. The van der Waals surface area contributed by atoms with E-state index >= 15 is 0 Å². The van der Waals surface area contributed by atoms with Crippen molar-refractivity contribution in [2.24, 2.45) is 0 Å². The summed E-state index contributed by atoms with van der Waals surface area (Å²) < 4.78 is 0.919.